The Labute approximate surface area is 93.8 Å². The molecule has 3 N–H and O–H groups in total. The lowest BCUT2D eigenvalue weighted by molar-refractivity contribution is 0.315. The van der Waals surface area contributed by atoms with E-state index in [4.69, 9.17) is 20.4 Å². The van der Waals surface area contributed by atoms with Gasteiger partial charge in [-0.15, -0.1) is 0 Å². The fourth-order valence-electron chi connectivity index (χ4n) is 1.22. The highest BCUT2D eigenvalue weighted by molar-refractivity contribution is 6.00. The predicted molar refractivity (Wildman–Crippen MR) is 61.2 cm³/mol. The summed E-state index contributed by atoms with van der Waals surface area (Å²) in [6.07, 6.45) is 1.60. The molecule has 0 fully saturated rings. The predicted octanol–water partition coefficient (Wildman–Crippen LogP) is 1.35. The average molecular weight is 222 g/mol. The summed E-state index contributed by atoms with van der Waals surface area (Å²) in [4.78, 5) is 0. The number of rotatable bonds is 5. The highest BCUT2D eigenvalue weighted by Crippen LogP contribution is 2.30. The lowest BCUT2D eigenvalue weighted by atomic mass is 10.1. The van der Waals surface area contributed by atoms with E-state index in [2.05, 4.69) is 11.7 Å². The molecular formula is C11H14N2O3. The molecule has 0 atom stereocenters. The van der Waals surface area contributed by atoms with Crippen molar-refractivity contribution >= 4 is 5.84 Å². The highest BCUT2D eigenvalue weighted by atomic mass is 16.5. The molecule has 0 spiro atoms. The Hall–Kier alpha value is -2.17. The molecule has 1 rings (SSSR count). The van der Waals surface area contributed by atoms with E-state index in [9.17, 15) is 0 Å². The van der Waals surface area contributed by atoms with Crippen LogP contribution in [0.15, 0.2) is 36.0 Å². The van der Waals surface area contributed by atoms with Gasteiger partial charge < -0.3 is 20.4 Å². The molecule has 0 radical (unpaired) electrons. The molecule has 86 valence electrons. The Morgan fingerprint density at radius 2 is 2.38 bits per heavy atom. The van der Waals surface area contributed by atoms with Gasteiger partial charge in [0.1, 0.15) is 6.61 Å². The van der Waals surface area contributed by atoms with Crippen molar-refractivity contribution in [2.24, 2.45) is 10.9 Å². The van der Waals surface area contributed by atoms with Gasteiger partial charge in [-0.25, -0.2) is 0 Å². The smallest absolute Gasteiger partial charge is 0.173 e. The minimum Gasteiger partial charge on any atom is -0.493 e. The molecule has 16 heavy (non-hydrogen) atoms. The third kappa shape index (κ3) is 2.44. The second-order valence-corrected chi connectivity index (χ2v) is 2.92. The van der Waals surface area contributed by atoms with Gasteiger partial charge in [-0.05, 0) is 12.1 Å². The van der Waals surface area contributed by atoms with Crippen molar-refractivity contribution in [2.45, 2.75) is 0 Å². The normalized spacial score (nSPS) is 10.9. The van der Waals surface area contributed by atoms with Crippen LogP contribution in [-0.4, -0.2) is 24.8 Å². The van der Waals surface area contributed by atoms with Crippen LogP contribution >= 0.6 is 0 Å². The van der Waals surface area contributed by atoms with Crippen molar-refractivity contribution in [1.29, 1.82) is 0 Å². The van der Waals surface area contributed by atoms with E-state index in [-0.39, 0.29) is 5.84 Å². The lowest BCUT2D eigenvalue weighted by Gasteiger charge is -2.12. The third-order valence-corrected chi connectivity index (χ3v) is 1.93. The van der Waals surface area contributed by atoms with Crippen LogP contribution in [0.5, 0.6) is 11.5 Å². The van der Waals surface area contributed by atoms with Gasteiger partial charge in [0.15, 0.2) is 17.3 Å². The zero-order valence-electron chi connectivity index (χ0n) is 9.01. The standard InChI is InChI=1S/C11H14N2O3/c1-3-7-16-10-8(11(12)13-14)5-4-6-9(10)15-2/h3-6,14H,1,7H2,2H3,(H2,12,13). The Kier molecular flexibility index (Phi) is 4.20. The van der Waals surface area contributed by atoms with Crippen LogP contribution in [0.4, 0.5) is 0 Å². The number of oxime groups is 1. The minimum absolute atomic E-state index is 0.0297. The maximum atomic E-state index is 8.65. The van der Waals surface area contributed by atoms with E-state index in [0.29, 0.717) is 23.7 Å². The molecule has 0 aliphatic rings. The molecule has 1 aromatic rings. The minimum atomic E-state index is -0.0297. The van der Waals surface area contributed by atoms with Crippen molar-refractivity contribution in [3.63, 3.8) is 0 Å². The van der Waals surface area contributed by atoms with E-state index in [1.807, 2.05) is 0 Å². The van der Waals surface area contributed by atoms with Crippen LogP contribution in [0, 0.1) is 0 Å². The molecule has 0 heterocycles. The topological polar surface area (TPSA) is 77.1 Å². The molecule has 0 amide bonds. The van der Waals surface area contributed by atoms with Crippen LogP contribution in [-0.2, 0) is 0 Å². The number of nitrogens with zero attached hydrogens (tertiary/aromatic N) is 1. The molecule has 0 unspecified atom stereocenters. The molecule has 5 heteroatoms. The summed E-state index contributed by atoms with van der Waals surface area (Å²) in [5.41, 5.74) is 6.00. The summed E-state index contributed by atoms with van der Waals surface area (Å²) in [6, 6.07) is 5.13. The third-order valence-electron chi connectivity index (χ3n) is 1.93. The van der Waals surface area contributed by atoms with Crippen molar-refractivity contribution in [1.82, 2.24) is 0 Å². The number of ether oxygens (including phenoxy) is 2. The summed E-state index contributed by atoms with van der Waals surface area (Å²) in [5.74, 6) is 0.920. The monoisotopic (exact) mass is 222 g/mol. The first-order valence-electron chi connectivity index (χ1n) is 4.63. The quantitative estimate of drug-likeness (QED) is 0.259. The van der Waals surface area contributed by atoms with Crippen LogP contribution in [0.2, 0.25) is 0 Å². The van der Waals surface area contributed by atoms with Gasteiger partial charge in [-0.2, -0.15) is 0 Å². The van der Waals surface area contributed by atoms with E-state index in [1.54, 1.807) is 24.3 Å². The molecule has 0 aliphatic heterocycles. The maximum Gasteiger partial charge on any atom is 0.173 e. The SMILES string of the molecule is C=CCOc1c(OC)cccc1/C(N)=N/O. The molecule has 1 aromatic carbocycles. The summed E-state index contributed by atoms with van der Waals surface area (Å²) < 4.78 is 10.5. The number of hydrogen-bond donors (Lipinski definition) is 2. The summed E-state index contributed by atoms with van der Waals surface area (Å²) in [6.45, 7) is 3.86. The Morgan fingerprint density at radius 1 is 1.62 bits per heavy atom. The molecule has 0 saturated heterocycles. The summed E-state index contributed by atoms with van der Waals surface area (Å²) >= 11 is 0. The van der Waals surface area contributed by atoms with Gasteiger partial charge >= 0.3 is 0 Å². The largest absolute Gasteiger partial charge is 0.493 e. The van der Waals surface area contributed by atoms with E-state index in [1.165, 1.54) is 7.11 Å². The zero-order valence-corrected chi connectivity index (χ0v) is 9.01. The van der Waals surface area contributed by atoms with Gasteiger partial charge in [0, 0.05) is 0 Å². The van der Waals surface area contributed by atoms with Crippen molar-refractivity contribution in [2.75, 3.05) is 13.7 Å². The lowest BCUT2D eigenvalue weighted by Crippen LogP contribution is -2.15. The Bertz CT molecular complexity index is 402. The number of hydrogen-bond acceptors (Lipinski definition) is 4. The number of para-hydroxylation sites is 1. The average Bonchev–Trinajstić information content (AvgIpc) is 2.34. The first-order valence-corrected chi connectivity index (χ1v) is 4.63. The van der Waals surface area contributed by atoms with Crippen LogP contribution < -0.4 is 15.2 Å². The van der Waals surface area contributed by atoms with E-state index < -0.39 is 0 Å². The first kappa shape index (κ1) is 11.9. The molecular weight excluding hydrogens is 208 g/mol. The maximum absolute atomic E-state index is 8.65. The number of methoxy groups -OCH3 is 1. The van der Waals surface area contributed by atoms with E-state index in [0.717, 1.165) is 0 Å². The fourth-order valence-corrected chi connectivity index (χ4v) is 1.22. The molecule has 5 nitrogen and oxygen atoms in total. The Balaban J connectivity index is 3.19. The molecule has 0 saturated carbocycles. The van der Waals surface area contributed by atoms with Crippen molar-refractivity contribution < 1.29 is 14.7 Å². The summed E-state index contributed by atoms with van der Waals surface area (Å²) in [7, 11) is 1.52. The van der Waals surface area contributed by atoms with Crippen LogP contribution in [0.25, 0.3) is 0 Å². The number of nitrogens with two attached hydrogens (primary N) is 1. The Morgan fingerprint density at radius 3 is 2.94 bits per heavy atom. The van der Waals surface area contributed by atoms with Gasteiger partial charge in [-0.3, -0.25) is 0 Å². The number of benzene rings is 1. The molecule has 0 bridgehead atoms. The zero-order chi connectivity index (χ0) is 12.0. The van der Waals surface area contributed by atoms with Gasteiger partial charge in [-0.1, -0.05) is 23.9 Å². The first-order chi connectivity index (χ1) is 7.74. The van der Waals surface area contributed by atoms with Crippen LogP contribution in [0.3, 0.4) is 0 Å². The van der Waals surface area contributed by atoms with Crippen LogP contribution in [0.1, 0.15) is 5.56 Å². The highest BCUT2D eigenvalue weighted by Gasteiger charge is 2.13. The number of amidine groups is 1. The van der Waals surface area contributed by atoms with Gasteiger partial charge in [0.05, 0.1) is 12.7 Å². The van der Waals surface area contributed by atoms with Crippen molar-refractivity contribution in [3.8, 4) is 11.5 Å². The second-order valence-electron chi connectivity index (χ2n) is 2.92. The van der Waals surface area contributed by atoms with Gasteiger partial charge in [0.2, 0.25) is 0 Å². The van der Waals surface area contributed by atoms with E-state index >= 15 is 0 Å². The molecule has 0 aromatic heterocycles. The van der Waals surface area contributed by atoms with Crippen molar-refractivity contribution in [3.05, 3.63) is 36.4 Å². The molecule has 0 aliphatic carbocycles. The second kappa shape index (κ2) is 5.65. The fraction of sp³-hybridized carbons (Fsp3) is 0.182. The van der Waals surface area contributed by atoms with Gasteiger partial charge in [0.25, 0.3) is 0 Å². The summed E-state index contributed by atoms with van der Waals surface area (Å²) in [5, 5.41) is 11.6.